The van der Waals surface area contributed by atoms with Gasteiger partial charge in [0.15, 0.2) is 0 Å². The molecular weight excluding hydrogens is 326 g/mol. The molecule has 2 fully saturated rings. The van der Waals surface area contributed by atoms with Crippen molar-refractivity contribution >= 4 is 23.2 Å². The maximum atomic E-state index is 12.5. The topological polar surface area (TPSA) is 53.1 Å². The molecule has 0 radical (unpaired) electrons. The zero-order valence-electron chi connectivity index (χ0n) is 14.1. The quantitative estimate of drug-likeness (QED) is 0.798. The summed E-state index contributed by atoms with van der Waals surface area (Å²) in [6.07, 6.45) is 0.861. The van der Waals surface area contributed by atoms with Crippen molar-refractivity contribution in [3.63, 3.8) is 0 Å². The molecule has 7 heteroatoms. The molecule has 1 aromatic rings. The van der Waals surface area contributed by atoms with Crippen LogP contribution in [0.2, 0.25) is 0 Å². The van der Waals surface area contributed by atoms with E-state index < -0.39 is 0 Å². The molecule has 2 saturated heterocycles. The normalized spacial score (nSPS) is 21.9. The average Bonchev–Trinajstić information content (AvgIpc) is 3.27. The number of nitrogens with zero attached hydrogens (tertiary/aromatic N) is 3. The van der Waals surface area contributed by atoms with E-state index in [1.54, 1.807) is 6.92 Å². The van der Waals surface area contributed by atoms with Crippen LogP contribution in [0, 0.1) is 0 Å². The first-order valence-electron chi connectivity index (χ1n) is 8.55. The molecule has 6 nitrogen and oxygen atoms in total. The van der Waals surface area contributed by atoms with Gasteiger partial charge in [0, 0.05) is 46.2 Å². The minimum Gasteiger partial charge on any atom is -0.379 e. The number of likely N-dealkylation sites (tertiary alicyclic amines) is 1. The summed E-state index contributed by atoms with van der Waals surface area (Å²) < 4.78 is 5.36. The van der Waals surface area contributed by atoms with Crippen LogP contribution in [0.3, 0.4) is 0 Å². The van der Waals surface area contributed by atoms with E-state index in [2.05, 4.69) is 4.90 Å². The van der Waals surface area contributed by atoms with Crippen molar-refractivity contribution in [3.05, 3.63) is 22.4 Å². The van der Waals surface area contributed by atoms with Gasteiger partial charge in [-0.1, -0.05) is 6.07 Å². The van der Waals surface area contributed by atoms with E-state index >= 15 is 0 Å². The van der Waals surface area contributed by atoms with Crippen molar-refractivity contribution in [3.8, 4) is 0 Å². The first-order valence-corrected chi connectivity index (χ1v) is 9.43. The van der Waals surface area contributed by atoms with Crippen LogP contribution in [0.5, 0.6) is 0 Å². The number of ether oxygens (including phenoxy) is 1. The molecule has 132 valence electrons. The lowest BCUT2D eigenvalue weighted by Crippen LogP contribution is -2.47. The van der Waals surface area contributed by atoms with Gasteiger partial charge < -0.3 is 14.5 Å². The second-order valence-electron chi connectivity index (χ2n) is 6.34. The van der Waals surface area contributed by atoms with E-state index in [9.17, 15) is 9.59 Å². The minimum atomic E-state index is 0.0872. The van der Waals surface area contributed by atoms with Crippen molar-refractivity contribution in [2.45, 2.75) is 19.4 Å². The van der Waals surface area contributed by atoms with E-state index in [4.69, 9.17) is 4.74 Å². The molecule has 0 aromatic carbocycles. The molecule has 2 aliphatic rings. The first-order chi connectivity index (χ1) is 11.6. The number of hydrogen-bond acceptors (Lipinski definition) is 5. The van der Waals surface area contributed by atoms with Crippen LogP contribution in [-0.4, -0.2) is 85.0 Å². The molecule has 1 aromatic heterocycles. The fraction of sp³-hybridized carbons (Fsp3) is 0.647. The van der Waals surface area contributed by atoms with Crippen LogP contribution in [0.15, 0.2) is 17.5 Å². The summed E-state index contributed by atoms with van der Waals surface area (Å²) in [6, 6.07) is 3.89. The fourth-order valence-electron chi connectivity index (χ4n) is 3.41. The fourth-order valence-corrected chi connectivity index (χ4v) is 4.10. The zero-order valence-corrected chi connectivity index (χ0v) is 15.0. The van der Waals surface area contributed by atoms with Crippen LogP contribution in [-0.2, 0) is 9.53 Å². The van der Waals surface area contributed by atoms with Gasteiger partial charge in [-0.05, 0) is 17.9 Å². The molecule has 0 N–H and O–H groups in total. The molecule has 0 bridgehead atoms. The van der Waals surface area contributed by atoms with Crippen molar-refractivity contribution in [1.29, 1.82) is 0 Å². The number of amides is 2. The lowest BCUT2D eigenvalue weighted by atomic mass is 10.2. The van der Waals surface area contributed by atoms with Crippen molar-refractivity contribution in [2.75, 3.05) is 52.5 Å². The summed E-state index contributed by atoms with van der Waals surface area (Å²) in [4.78, 5) is 31.5. The van der Waals surface area contributed by atoms with E-state index in [-0.39, 0.29) is 17.9 Å². The first kappa shape index (κ1) is 17.4. The van der Waals surface area contributed by atoms with Crippen molar-refractivity contribution in [2.24, 2.45) is 0 Å². The Kier molecular flexibility index (Phi) is 5.86. The van der Waals surface area contributed by atoms with Gasteiger partial charge in [0.1, 0.15) is 0 Å². The summed E-state index contributed by atoms with van der Waals surface area (Å²) in [5, 5.41) is 1.92. The van der Waals surface area contributed by atoms with Crippen LogP contribution in [0.4, 0.5) is 0 Å². The maximum Gasteiger partial charge on any atom is 0.263 e. The van der Waals surface area contributed by atoms with Gasteiger partial charge in [0.2, 0.25) is 5.91 Å². The highest BCUT2D eigenvalue weighted by Crippen LogP contribution is 2.20. The highest BCUT2D eigenvalue weighted by molar-refractivity contribution is 7.12. The van der Waals surface area contributed by atoms with Crippen LogP contribution in [0.25, 0.3) is 0 Å². The third kappa shape index (κ3) is 4.15. The monoisotopic (exact) mass is 351 g/mol. The van der Waals surface area contributed by atoms with Crippen molar-refractivity contribution in [1.82, 2.24) is 14.7 Å². The standard InChI is InChI=1S/C17H25N3O3S/c1-14(21)20(7-6-18-8-10-23-11-9-18)15-4-5-19(13-15)17(22)16-3-2-12-24-16/h2-3,12,15H,4-11,13H2,1H3. The molecule has 0 saturated carbocycles. The van der Waals surface area contributed by atoms with Crippen molar-refractivity contribution < 1.29 is 14.3 Å². The highest BCUT2D eigenvalue weighted by atomic mass is 32.1. The molecule has 1 atom stereocenters. The van der Waals surface area contributed by atoms with Gasteiger partial charge in [0.25, 0.3) is 5.91 Å². The van der Waals surface area contributed by atoms with E-state index in [1.165, 1.54) is 11.3 Å². The molecule has 3 rings (SSSR count). The average molecular weight is 351 g/mol. The van der Waals surface area contributed by atoms with E-state index in [0.717, 1.165) is 57.2 Å². The summed E-state index contributed by atoms with van der Waals surface area (Å²) in [6.45, 7) is 7.99. The molecule has 3 heterocycles. The second kappa shape index (κ2) is 8.09. The zero-order chi connectivity index (χ0) is 16.9. The minimum absolute atomic E-state index is 0.0872. The largest absolute Gasteiger partial charge is 0.379 e. The third-order valence-corrected chi connectivity index (χ3v) is 5.65. The summed E-state index contributed by atoms with van der Waals surface area (Å²) >= 11 is 1.47. The number of thiophene rings is 1. The number of hydrogen-bond donors (Lipinski definition) is 0. The number of carbonyl (C=O) groups is 2. The molecule has 1 unspecified atom stereocenters. The van der Waals surface area contributed by atoms with Gasteiger partial charge in [-0.2, -0.15) is 0 Å². The Morgan fingerprint density at radius 1 is 1.33 bits per heavy atom. The summed E-state index contributed by atoms with van der Waals surface area (Å²) in [5.41, 5.74) is 0. The molecule has 0 spiro atoms. The molecule has 2 amide bonds. The predicted molar refractivity (Wildman–Crippen MR) is 93.3 cm³/mol. The van der Waals surface area contributed by atoms with Crippen LogP contribution in [0.1, 0.15) is 23.0 Å². The lowest BCUT2D eigenvalue weighted by Gasteiger charge is -2.32. The van der Waals surface area contributed by atoms with E-state index in [1.807, 2.05) is 27.3 Å². The molecule has 0 aliphatic carbocycles. The Balaban J connectivity index is 1.54. The van der Waals surface area contributed by atoms with Crippen LogP contribution < -0.4 is 0 Å². The van der Waals surface area contributed by atoms with Gasteiger partial charge in [0.05, 0.1) is 24.1 Å². The maximum absolute atomic E-state index is 12.5. The summed E-state index contributed by atoms with van der Waals surface area (Å²) in [5.74, 6) is 0.183. The Labute approximate surface area is 147 Å². The highest BCUT2D eigenvalue weighted by Gasteiger charge is 2.32. The van der Waals surface area contributed by atoms with Gasteiger partial charge in [-0.25, -0.2) is 0 Å². The second-order valence-corrected chi connectivity index (χ2v) is 7.29. The van der Waals surface area contributed by atoms with Gasteiger partial charge >= 0.3 is 0 Å². The number of carbonyl (C=O) groups excluding carboxylic acids is 2. The van der Waals surface area contributed by atoms with Crippen LogP contribution >= 0.6 is 11.3 Å². The number of rotatable bonds is 5. The predicted octanol–water partition coefficient (Wildman–Crippen LogP) is 1.14. The Hall–Kier alpha value is -1.44. The Morgan fingerprint density at radius 2 is 2.12 bits per heavy atom. The smallest absolute Gasteiger partial charge is 0.263 e. The Bertz CT molecular complexity index is 557. The molecular formula is C17H25N3O3S. The SMILES string of the molecule is CC(=O)N(CCN1CCOCC1)C1CCN(C(=O)c2cccs2)C1. The van der Waals surface area contributed by atoms with Gasteiger partial charge in [-0.3, -0.25) is 14.5 Å². The van der Waals surface area contributed by atoms with E-state index in [0.29, 0.717) is 6.54 Å². The number of morpholine rings is 1. The van der Waals surface area contributed by atoms with Gasteiger partial charge in [-0.15, -0.1) is 11.3 Å². The molecule has 2 aliphatic heterocycles. The summed E-state index contributed by atoms with van der Waals surface area (Å²) in [7, 11) is 0. The molecule has 24 heavy (non-hydrogen) atoms. The Morgan fingerprint density at radius 3 is 2.79 bits per heavy atom. The third-order valence-electron chi connectivity index (χ3n) is 4.79. The lowest BCUT2D eigenvalue weighted by molar-refractivity contribution is -0.131.